The van der Waals surface area contributed by atoms with Gasteiger partial charge in [0, 0.05) is 12.7 Å². The SMILES string of the molecule is O=C(O)c1cnn2c1NCC=C2. The van der Waals surface area contributed by atoms with Gasteiger partial charge in [-0.25, -0.2) is 9.48 Å². The minimum Gasteiger partial charge on any atom is -0.477 e. The summed E-state index contributed by atoms with van der Waals surface area (Å²) >= 11 is 0. The first kappa shape index (κ1) is 6.90. The number of anilines is 1. The summed E-state index contributed by atoms with van der Waals surface area (Å²) in [4.78, 5) is 10.6. The molecule has 12 heavy (non-hydrogen) atoms. The number of carboxylic acid groups (broad SMARTS) is 1. The number of carboxylic acids is 1. The summed E-state index contributed by atoms with van der Waals surface area (Å²) in [5, 5.41) is 15.5. The highest BCUT2D eigenvalue weighted by molar-refractivity contribution is 5.93. The summed E-state index contributed by atoms with van der Waals surface area (Å²) in [6.07, 6.45) is 4.93. The lowest BCUT2D eigenvalue weighted by molar-refractivity contribution is 0.0698. The Bertz CT molecular complexity index is 354. The van der Waals surface area contributed by atoms with Gasteiger partial charge in [0.2, 0.25) is 0 Å². The van der Waals surface area contributed by atoms with E-state index in [2.05, 4.69) is 10.4 Å². The Morgan fingerprint density at radius 3 is 3.33 bits per heavy atom. The normalized spacial score (nSPS) is 13.7. The number of hydrogen-bond donors (Lipinski definition) is 2. The lowest BCUT2D eigenvalue weighted by Crippen LogP contribution is -2.11. The Morgan fingerprint density at radius 1 is 1.75 bits per heavy atom. The number of rotatable bonds is 1. The van der Waals surface area contributed by atoms with Crippen molar-refractivity contribution in [2.45, 2.75) is 0 Å². The van der Waals surface area contributed by atoms with Gasteiger partial charge in [-0.1, -0.05) is 0 Å². The van der Waals surface area contributed by atoms with Crippen molar-refractivity contribution in [3.05, 3.63) is 17.8 Å². The van der Waals surface area contributed by atoms with E-state index in [9.17, 15) is 4.79 Å². The van der Waals surface area contributed by atoms with Gasteiger partial charge in [-0.2, -0.15) is 5.10 Å². The smallest absolute Gasteiger partial charge is 0.341 e. The average molecular weight is 165 g/mol. The van der Waals surface area contributed by atoms with E-state index < -0.39 is 5.97 Å². The van der Waals surface area contributed by atoms with Crippen LogP contribution in [0.4, 0.5) is 5.82 Å². The second kappa shape index (κ2) is 2.37. The van der Waals surface area contributed by atoms with Crippen LogP contribution in [-0.4, -0.2) is 27.4 Å². The highest BCUT2D eigenvalue weighted by atomic mass is 16.4. The third-order valence-corrected chi connectivity index (χ3v) is 1.66. The number of nitrogens with one attached hydrogen (secondary N) is 1. The van der Waals surface area contributed by atoms with E-state index in [1.165, 1.54) is 10.9 Å². The molecule has 0 unspecified atom stereocenters. The number of aromatic nitrogens is 2. The maximum atomic E-state index is 10.6. The summed E-state index contributed by atoms with van der Waals surface area (Å²) < 4.78 is 1.51. The van der Waals surface area contributed by atoms with Gasteiger partial charge in [0.15, 0.2) is 0 Å². The van der Waals surface area contributed by atoms with Crippen LogP contribution in [0.2, 0.25) is 0 Å². The van der Waals surface area contributed by atoms with Crippen LogP contribution in [0.25, 0.3) is 6.20 Å². The lowest BCUT2D eigenvalue weighted by atomic mass is 10.3. The zero-order chi connectivity index (χ0) is 8.55. The number of fused-ring (bicyclic) bond motifs is 1. The molecule has 2 rings (SSSR count). The van der Waals surface area contributed by atoms with Crippen molar-refractivity contribution in [3.63, 3.8) is 0 Å². The Kier molecular flexibility index (Phi) is 1.36. The molecule has 0 aliphatic carbocycles. The van der Waals surface area contributed by atoms with Gasteiger partial charge in [-0.15, -0.1) is 0 Å². The van der Waals surface area contributed by atoms with Crippen molar-refractivity contribution in [3.8, 4) is 0 Å². The second-order valence-electron chi connectivity index (χ2n) is 2.42. The summed E-state index contributed by atoms with van der Waals surface area (Å²) in [5.41, 5.74) is 0.208. The van der Waals surface area contributed by atoms with Crippen molar-refractivity contribution in [1.29, 1.82) is 0 Å². The first-order chi connectivity index (χ1) is 5.79. The van der Waals surface area contributed by atoms with E-state index in [1.54, 1.807) is 6.20 Å². The number of carbonyl (C=O) groups is 1. The minimum atomic E-state index is -0.959. The molecule has 0 amide bonds. The largest absolute Gasteiger partial charge is 0.477 e. The second-order valence-corrected chi connectivity index (χ2v) is 2.42. The molecule has 5 nitrogen and oxygen atoms in total. The fraction of sp³-hybridized carbons (Fsp3) is 0.143. The molecule has 0 saturated heterocycles. The third-order valence-electron chi connectivity index (χ3n) is 1.66. The summed E-state index contributed by atoms with van der Waals surface area (Å²) in [6, 6.07) is 0. The third kappa shape index (κ3) is 0.868. The maximum Gasteiger partial charge on any atom is 0.341 e. The van der Waals surface area contributed by atoms with Crippen molar-refractivity contribution in [1.82, 2.24) is 9.78 Å². The monoisotopic (exact) mass is 165 g/mol. The molecule has 2 heterocycles. The quantitative estimate of drug-likeness (QED) is 0.635. The van der Waals surface area contributed by atoms with Crippen LogP contribution in [0.3, 0.4) is 0 Å². The van der Waals surface area contributed by atoms with Gasteiger partial charge < -0.3 is 10.4 Å². The van der Waals surface area contributed by atoms with Gasteiger partial charge in [0.1, 0.15) is 11.4 Å². The Balaban J connectivity index is 2.53. The van der Waals surface area contributed by atoms with Gasteiger partial charge in [-0.05, 0) is 6.08 Å². The Morgan fingerprint density at radius 2 is 2.58 bits per heavy atom. The zero-order valence-corrected chi connectivity index (χ0v) is 6.19. The first-order valence-electron chi connectivity index (χ1n) is 3.50. The van der Waals surface area contributed by atoms with E-state index in [-0.39, 0.29) is 5.56 Å². The first-order valence-corrected chi connectivity index (χ1v) is 3.50. The standard InChI is InChI=1S/C7H7N3O2/c11-7(12)5-4-9-10-3-1-2-8-6(5)10/h1,3-4,8H,2H2,(H,11,12). The van der Waals surface area contributed by atoms with Gasteiger partial charge in [0.05, 0.1) is 6.20 Å². The molecule has 0 atom stereocenters. The van der Waals surface area contributed by atoms with Crippen molar-refractivity contribution < 1.29 is 9.90 Å². The molecule has 62 valence electrons. The average Bonchev–Trinajstić information content (AvgIpc) is 2.47. The predicted octanol–water partition coefficient (Wildman–Crippen LogP) is 0.478. The van der Waals surface area contributed by atoms with Crippen molar-refractivity contribution >= 4 is 18.0 Å². The van der Waals surface area contributed by atoms with Crippen molar-refractivity contribution in [2.24, 2.45) is 0 Å². The van der Waals surface area contributed by atoms with Crippen LogP contribution < -0.4 is 5.32 Å². The highest BCUT2D eigenvalue weighted by Gasteiger charge is 2.16. The van der Waals surface area contributed by atoms with Crippen LogP contribution in [0, 0.1) is 0 Å². The van der Waals surface area contributed by atoms with Crippen LogP contribution in [0.5, 0.6) is 0 Å². The molecule has 2 N–H and O–H groups in total. The molecular weight excluding hydrogens is 158 g/mol. The molecule has 0 fully saturated rings. The molecular formula is C7H7N3O2. The van der Waals surface area contributed by atoms with E-state index in [0.29, 0.717) is 12.4 Å². The molecule has 1 aromatic heterocycles. The van der Waals surface area contributed by atoms with Gasteiger partial charge in [-0.3, -0.25) is 0 Å². The van der Waals surface area contributed by atoms with Gasteiger partial charge >= 0.3 is 5.97 Å². The van der Waals surface area contributed by atoms with E-state index >= 15 is 0 Å². The van der Waals surface area contributed by atoms with E-state index in [4.69, 9.17) is 5.11 Å². The predicted molar refractivity (Wildman–Crippen MR) is 43.0 cm³/mol. The summed E-state index contributed by atoms with van der Waals surface area (Å²) in [6.45, 7) is 0.645. The molecule has 0 aromatic carbocycles. The van der Waals surface area contributed by atoms with Crippen LogP contribution in [0.15, 0.2) is 12.3 Å². The molecule has 0 radical (unpaired) electrons. The van der Waals surface area contributed by atoms with Gasteiger partial charge in [0.25, 0.3) is 0 Å². The summed E-state index contributed by atoms with van der Waals surface area (Å²) in [7, 11) is 0. The highest BCUT2D eigenvalue weighted by Crippen LogP contribution is 2.17. The lowest BCUT2D eigenvalue weighted by Gasteiger charge is -2.09. The molecule has 0 bridgehead atoms. The number of aromatic carboxylic acids is 1. The van der Waals surface area contributed by atoms with E-state index in [1.807, 2.05) is 6.08 Å². The molecule has 1 aliphatic heterocycles. The van der Waals surface area contributed by atoms with E-state index in [0.717, 1.165) is 0 Å². The topological polar surface area (TPSA) is 67.1 Å². The Labute approximate surface area is 68.3 Å². The fourth-order valence-electron chi connectivity index (χ4n) is 1.12. The zero-order valence-electron chi connectivity index (χ0n) is 6.19. The summed E-state index contributed by atoms with van der Waals surface area (Å²) in [5.74, 6) is -0.413. The van der Waals surface area contributed by atoms with Crippen LogP contribution in [-0.2, 0) is 0 Å². The fourth-order valence-corrected chi connectivity index (χ4v) is 1.12. The molecule has 1 aromatic rings. The molecule has 0 spiro atoms. The number of nitrogens with zero attached hydrogens (tertiary/aromatic N) is 2. The van der Waals surface area contributed by atoms with Crippen molar-refractivity contribution in [2.75, 3.05) is 11.9 Å². The number of hydrogen-bond acceptors (Lipinski definition) is 3. The van der Waals surface area contributed by atoms with Crippen LogP contribution >= 0.6 is 0 Å². The minimum absolute atomic E-state index is 0.208. The molecule has 5 heteroatoms. The van der Waals surface area contributed by atoms with Crippen LogP contribution in [0.1, 0.15) is 10.4 Å². The Hall–Kier alpha value is -1.78. The maximum absolute atomic E-state index is 10.6. The molecule has 0 saturated carbocycles. The molecule has 1 aliphatic rings.